The van der Waals surface area contributed by atoms with Gasteiger partial charge >= 0.3 is 59.1 Å². The Kier molecular flexibility index (Phi) is 39.9. The molecule has 0 aromatic rings. The topological polar surface area (TPSA) is 241 Å². The number of rotatable bonds is 37. The Labute approximate surface area is 400 Å². The van der Waals surface area contributed by atoms with Crippen LogP contribution in [0.2, 0.25) is 0 Å². The molecule has 0 aliphatic carbocycles. The second-order valence-electron chi connectivity index (χ2n) is 15.4. The Bertz CT molecular complexity index is 1270. The molecule has 0 aromatic carbocycles. The van der Waals surface area contributed by atoms with Gasteiger partial charge in [-0.15, -0.1) is 0 Å². The van der Waals surface area contributed by atoms with Crippen molar-refractivity contribution in [1.29, 1.82) is 0 Å². The van der Waals surface area contributed by atoms with Crippen LogP contribution in [0.3, 0.4) is 0 Å². The molecule has 0 radical (unpaired) electrons. The van der Waals surface area contributed by atoms with E-state index in [1.54, 1.807) is 6.08 Å². The Balaban J connectivity index is 0. The Hall–Kier alpha value is 0.750. The molecular formula is C40H75NNa2O14S2. The first kappa shape index (κ1) is 61.8. The summed E-state index contributed by atoms with van der Waals surface area (Å²) in [6, 6.07) is -1.05. The number of carbonyl (C=O) groups excluding carboxylic acids is 1. The van der Waals surface area contributed by atoms with Crippen LogP contribution < -0.4 is 64.4 Å². The minimum absolute atomic E-state index is 0. The summed E-state index contributed by atoms with van der Waals surface area (Å²) in [6.45, 7) is 2.78. The number of hydrogen-bond acceptors (Lipinski definition) is 14. The predicted octanol–water partition coefficient (Wildman–Crippen LogP) is 0.364. The summed E-state index contributed by atoms with van der Waals surface area (Å²) in [6.07, 6.45) is 21.3. The molecule has 1 aliphatic rings. The van der Waals surface area contributed by atoms with Crippen molar-refractivity contribution >= 4 is 26.7 Å². The quantitative estimate of drug-likeness (QED) is 0.0217. The van der Waals surface area contributed by atoms with Crippen molar-refractivity contribution in [2.24, 2.45) is 0 Å². The van der Waals surface area contributed by atoms with Crippen molar-refractivity contribution in [3.8, 4) is 0 Å². The fourth-order valence-corrected chi connectivity index (χ4v) is 7.70. The molecule has 15 nitrogen and oxygen atoms in total. The van der Waals surface area contributed by atoms with Crippen LogP contribution in [-0.2, 0) is 43.4 Å². The van der Waals surface area contributed by atoms with Gasteiger partial charge in [0.05, 0.1) is 25.4 Å². The molecule has 7 atom stereocenters. The van der Waals surface area contributed by atoms with E-state index in [0.29, 0.717) is 12.8 Å². The average molecular weight is 904 g/mol. The standard InChI is InChI=1S/C40H77NO14S2.2Na/c1-3-5-7-9-11-13-15-17-19-21-23-25-27-29-34(42)33(41-36(43)30-28-26-24-22-20-18-16-14-12-10-8-6-4-2)31-52-40-38(45)37(44)39(55-57(49,50)51)35(54-40)32-53-56(46,47)48;;/h27,29,33-35,37-40,42,44-45H,3-26,28,30-32H2,1-2H3,(H,41,43)(H,46,47,48)(H,49,50,51);;/q;2*+1/p-2/b29-27+;;/t33-,34+,35+,37+,38+,39-,40+;;/m0../s1. The van der Waals surface area contributed by atoms with E-state index in [1.165, 1.54) is 109 Å². The van der Waals surface area contributed by atoms with Gasteiger partial charge < -0.3 is 39.2 Å². The van der Waals surface area contributed by atoms with Crippen LogP contribution in [0.1, 0.15) is 181 Å². The molecule has 1 fully saturated rings. The van der Waals surface area contributed by atoms with Crippen LogP contribution in [0.5, 0.6) is 0 Å². The monoisotopic (exact) mass is 903 g/mol. The fraction of sp³-hybridized carbons (Fsp3) is 0.925. The first-order chi connectivity index (χ1) is 27.2. The van der Waals surface area contributed by atoms with Gasteiger partial charge in [-0.05, 0) is 19.3 Å². The molecule has 0 unspecified atom stereocenters. The van der Waals surface area contributed by atoms with Crippen LogP contribution in [0.25, 0.3) is 0 Å². The van der Waals surface area contributed by atoms with E-state index in [4.69, 9.17) is 9.47 Å². The van der Waals surface area contributed by atoms with Crippen molar-refractivity contribution in [2.75, 3.05) is 13.2 Å². The molecule has 4 N–H and O–H groups in total. The second-order valence-corrected chi connectivity index (χ2v) is 17.5. The van der Waals surface area contributed by atoms with Crippen LogP contribution in [0.15, 0.2) is 12.2 Å². The molecule has 1 aliphatic heterocycles. The summed E-state index contributed by atoms with van der Waals surface area (Å²) < 4.78 is 86.4. The SMILES string of the molecule is CCCCCCCCCCCCC/C=C/[C@@H](O)[C@H](CO[C@@H]1O[C@H](COS(=O)(=O)[O-])[C@H](OS(=O)(=O)[O-])[C@H](O)[C@H]1O)NC(=O)CCCCCCCCCCCCCCC.[Na+].[Na+]. The summed E-state index contributed by atoms with van der Waals surface area (Å²) in [4.78, 5) is 13.0. The first-order valence-corrected chi connectivity index (χ1v) is 24.4. The number of nitrogens with one attached hydrogen (secondary N) is 1. The molecule has 0 spiro atoms. The van der Waals surface area contributed by atoms with Crippen molar-refractivity contribution in [1.82, 2.24) is 5.32 Å². The van der Waals surface area contributed by atoms with Gasteiger partial charge in [-0.2, -0.15) is 0 Å². The molecule has 0 saturated carbocycles. The normalized spacial score (nSPS) is 20.8. The van der Waals surface area contributed by atoms with Crippen molar-refractivity contribution in [2.45, 2.75) is 224 Å². The number of amides is 1. The summed E-state index contributed by atoms with van der Waals surface area (Å²) in [5.41, 5.74) is 0. The van der Waals surface area contributed by atoms with Gasteiger partial charge in [0.1, 0.15) is 24.4 Å². The van der Waals surface area contributed by atoms with Gasteiger partial charge in [-0.3, -0.25) is 13.2 Å². The molecular weight excluding hydrogens is 829 g/mol. The Morgan fingerprint density at radius 2 is 1.14 bits per heavy atom. The maximum atomic E-state index is 13.0. The maximum Gasteiger partial charge on any atom is 1.00 e. The number of carbonyl (C=O) groups is 1. The average Bonchev–Trinajstić information content (AvgIpc) is 3.15. The molecule has 1 amide bonds. The Morgan fingerprint density at radius 3 is 1.58 bits per heavy atom. The number of allylic oxidation sites excluding steroid dienone is 1. The van der Waals surface area contributed by atoms with Gasteiger partial charge in [0, 0.05) is 6.42 Å². The van der Waals surface area contributed by atoms with Gasteiger partial charge in [0.25, 0.3) is 0 Å². The summed E-state index contributed by atoms with van der Waals surface area (Å²) in [7, 11) is -10.8. The van der Waals surface area contributed by atoms with E-state index in [1.807, 2.05) is 6.08 Å². The van der Waals surface area contributed by atoms with E-state index < -0.39 is 76.9 Å². The van der Waals surface area contributed by atoms with Crippen LogP contribution in [0, 0.1) is 0 Å². The fourth-order valence-electron chi connectivity index (χ4n) is 6.89. The minimum Gasteiger partial charge on any atom is -0.726 e. The molecule has 19 heteroatoms. The van der Waals surface area contributed by atoms with Crippen LogP contribution in [-0.4, -0.2) is 103 Å². The molecule has 1 rings (SSSR count). The summed E-state index contributed by atoms with van der Waals surface area (Å²) >= 11 is 0. The summed E-state index contributed by atoms with van der Waals surface area (Å²) in [5, 5.41) is 35.1. The third-order valence-corrected chi connectivity index (χ3v) is 11.1. The number of ether oxygens (including phenoxy) is 2. The zero-order valence-corrected chi connectivity index (χ0v) is 42.3. The predicted molar refractivity (Wildman–Crippen MR) is 215 cm³/mol. The smallest absolute Gasteiger partial charge is 0.726 e. The van der Waals surface area contributed by atoms with Crippen molar-refractivity contribution < 1.29 is 123 Å². The number of aliphatic hydroxyl groups is 3. The molecule has 1 heterocycles. The second kappa shape index (κ2) is 38.1. The van der Waals surface area contributed by atoms with E-state index in [-0.39, 0.29) is 71.4 Å². The van der Waals surface area contributed by atoms with Crippen molar-refractivity contribution in [3.63, 3.8) is 0 Å². The molecule has 0 bridgehead atoms. The Morgan fingerprint density at radius 1 is 0.695 bits per heavy atom. The van der Waals surface area contributed by atoms with E-state index >= 15 is 0 Å². The van der Waals surface area contributed by atoms with Crippen LogP contribution in [0.4, 0.5) is 0 Å². The zero-order valence-electron chi connectivity index (χ0n) is 36.6. The molecule has 0 aromatic heterocycles. The third kappa shape index (κ3) is 33.9. The van der Waals surface area contributed by atoms with Gasteiger partial charge in [-0.1, -0.05) is 167 Å². The number of hydrogen-bond donors (Lipinski definition) is 4. The first-order valence-electron chi connectivity index (χ1n) is 21.7. The van der Waals surface area contributed by atoms with E-state index in [0.717, 1.165) is 38.5 Å². The molecule has 338 valence electrons. The van der Waals surface area contributed by atoms with E-state index in [2.05, 4.69) is 27.5 Å². The molecule has 59 heavy (non-hydrogen) atoms. The maximum absolute atomic E-state index is 13.0. The van der Waals surface area contributed by atoms with Gasteiger partial charge in [0.15, 0.2) is 6.29 Å². The largest absolute Gasteiger partial charge is 1.00 e. The third-order valence-electron chi connectivity index (χ3n) is 10.3. The number of aliphatic hydroxyl groups excluding tert-OH is 3. The minimum atomic E-state index is -5.49. The van der Waals surface area contributed by atoms with E-state index in [9.17, 15) is 46.1 Å². The molecule has 1 saturated heterocycles. The van der Waals surface area contributed by atoms with Gasteiger partial charge in [-0.25, -0.2) is 16.8 Å². The van der Waals surface area contributed by atoms with Gasteiger partial charge in [0.2, 0.25) is 26.7 Å². The van der Waals surface area contributed by atoms with Crippen LogP contribution >= 0.6 is 0 Å². The summed E-state index contributed by atoms with van der Waals surface area (Å²) in [5.74, 6) is -0.337. The zero-order chi connectivity index (χ0) is 42.4. The van der Waals surface area contributed by atoms with Crippen molar-refractivity contribution in [3.05, 3.63) is 12.2 Å². The number of unbranched alkanes of at least 4 members (excludes halogenated alkanes) is 23.